The Hall–Kier alpha value is -9.28. The van der Waals surface area contributed by atoms with Gasteiger partial charge in [-0.2, -0.15) is 0 Å². The summed E-state index contributed by atoms with van der Waals surface area (Å²) >= 11 is 0. The summed E-state index contributed by atoms with van der Waals surface area (Å²) in [5.41, 5.74) is 15.7. The van der Waals surface area contributed by atoms with Gasteiger partial charge < -0.3 is 28.7 Å². The fourth-order valence-electron chi connectivity index (χ4n) is 10.5. The number of hydrogen-bond donors (Lipinski definition) is 0. The quantitative estimate of drug-likeness (QED) is 0.0727. The largest absolute Gasteiger partial charge is 0.458 e. The van der Waals surface area contributed by atoms with Crippen LogP contribution in [0.5, 0.6) is 0 Å². The number of benzene rings is 8. The van der Waals surface area contributed by atoms with E-state index in [1.165, 1.54) is 27.7 Å². The van der Waals surface area contributed by atoms with Gasteiger partial charge in [0.1, 0.15) is 24.4 Å². The topological polar surface area (TPSA) is 112 Å². The van der Waals surface area contributed by atoms with E-state index in [1.807, 2.05) is 72.8 Å². The molecule has 8 aromatic carbocycles. The molecule has 0 amide bonds. The molecule has 10 heteroatoms. The van der Waals surface area contributed by atoms with Gasteiger partial charge >= 0.3 is 23.9 Å². The summed E-state index contributed by atoms with van der Waals surface area (Å²) in [7, 11) is 0. The molecule has 0 N–H and O–H groups in total. The van der Waals surface area contributed by atoms with Crippen LogP contribution in [0.15, 0.2) is 218 Å². The first-order valence-corrected chi connectivity index (χ1v) is 26.4. The normalized spacial score (nSPS) is 16.9. The fraction of sp³-hybridized carbons (Fsp3) is 0.176. The van der Waals surface area contributed by atoms with Crippen LogP contribution in [0.4, 0.5) is 34.1 Å². The maximum absolute atomic E-state index is 12.2. The van der Waals surface area contributed by atoms with Crippen LogP contribution >= 0.6 is 0 Å². The van der Waals surface area contributed by atoms with Gasteiger partial charge in [0.25, 0.3) is 0 Å². The molecule has 78 heavy (non-hydrogen) atoms. The van der Waals surface area contributed by atoms with Crippen LogP contribution in [0.2, 0.25) is 0 Å². The minimum absolute atomic E-state index is 0.356. The van der Waals surface area contributed by atoms with Crippen molar-refractivity contribution in [1.82, 2.24) is 0 Å². The first-order valence-electron chi connectivity index (χ1n) is 26.4. The van der Waals surface area contributed by atoms with Gasteiger partial charge in [-0.15, -0.1) is 0 Å². The highest BCUT2D eigenvalue weighted by Gasteiger charge is 2.30. The second kappa shape index (κ2) is 23.7. The highest BCUT2D eigenvalue weighted by Crippen LogP contribution is 2.42. The molecule has 0 spiro atoms. The van der Waals surface area contributed by atoms with Gasteiger partial charge in [0.2, 0.25) is 0 Å². The number of carbonyl (C=O) groups excluding carboxylic acids is 4. The molecule has 0 saturated carbocycles. The number of ether oxygens (including phenoxy) is 4. The molecule has 2 aliphatic rings. The lowest BCUT2D eigenvalue weighted by atomic mass is 9.89. The van der Waals surface area contributed by atoms with E-state index in [-0.39, 0.29) is 23.9 Å². The third kappa shape index (κ3) is 12.4. The molecule has 2 aliphatic carbocycles. The van der Waals surface area contributed by atoms with Gasteiger partial charge in [-0.25, -0.2) is 0 Å². The van der Waals surface area contributed by atoms with Crippen molar-refractivity contribution in [3.05, 3.63) is 230 Å². The lowest BCUT2D eigenvalue weighted by Gasteiger charge is -2.29. The summed E-state index contributed by atoms with van der Waals surface area (Å²) in [4.78, 5) is 52.6. The van der Waals surface area contributed by atoms with Crippen LogP contribution < -0.4 is 9.80 Å². The molecule has 0 aliphatic heterocycles. The number of anilines is 6. The minimum Gasteiger partial charge on any atom is -0.458 e. The van der Waals surface area contributed by atoms with E-state index in [2.05, 4.69) is 155 Å². The first kappa shape index (κ1) is 52.2. The Bertz CT molecular complexity index is 3210. The van der Waals surface area contributed by atoms with E-state index in [1.54, 1.807) is 0 Å². The first-order chi connectivity index (χ1) is 37.9. The summed E-state index contributed by atoms with van der Waals surface area (Å²) < 4.78 is 22.7. The zero-order valence-electron chi connectivity index (χ0n) is 44.1. The number of nitrogens with zero attached hydrogens (tertiary/aromatic N) is 2. The smallest absolute Gasteiger partial charge is 0.303 e. The Labute approximate surface area is 455 Å². The van der Waals surface area contributed by atoms with E-state index in [0.717, 1.165) is 89.8 Å². The van der Waals surface area contributed by atoms with Gasteiger partial charge in [-0.1, -0.05) is 133 Å². The molecular weight excluding hydrogens is 973 g/mol. The van der Waals surface area contributed by atoms with Gasteiger partial charge in [0.05, 0.1) is 0 Å². The molecule has 8 aromatic rings. The Morgan fingerprint density at radius 3 is 0.769 bits per heavy atom. The van der Waals surface area contributed by atoms with E-state index in [9.17, 15) is 19.2 Å². The summed E-state index contributed by atoms with van der Waals surface area (Å²) in [5, 5.41) is 0. The highest BCUT2D eigenvalue weighted by atomic mass is 16.6. The van der Waals surface area contributed by atoms with Crippen molar-refractivity contribution >= 4 is 69.1 Å². The number of esters is 4. The monoisotopic (exact) mass is 1030 g/mol. The number of rotatable bonds is 15. The molecule has 4 unspecified atom stereocenters. The Balaban J connectivity index is 0.964. The average molecular weight is 1030 g/mol. The SMILES string of the molecule is CC(=O)OC1C=C(c2ccc(N(c3ccc(-c4ccccc4)cc3)c3ccc(-c4ccc(N(c5ccc(C6=CC(OC(C)=O)CCC6OC(C)=O)cc5)c5ccc(-c6ccccc6)cc5)cc4)cc3)cc2)C(OC(C)=O)CC1. The van der Waals surface area contributed by atoms with Crippen LogP contribution in [-0.2, 0) is 38.1 Å². The van der Waals surface area contributed by atoms with Crippen molar-refractivity contribution in [3.63, 3.8) is 0 Å². The van der Waals surface area contributed by atoms with Crippen LogP contribution in [-0.4, -0.2) is 48.3 Å². The second-order valence-corrected chi connectivity index (χ2v) is 19.6. The molecule has 10 nitrogen and oxygen atoms in total. The molecule has 0 aromatic heterocycles. The third-order valence-corrected chi connectivity index (χ3v) is 14.1. The van der Waals surface area contributed by atoms with Crippen LogP contribution in [0.3, 0.4) is 0 Å². The van der Waals surface area contributed by atoms with Gasteiger partial charge in [0.15, 0.2) is 0 Å². The van der Waals surface area contributed by atoms with Crippen molar-refractivity contribution in [3.8, 4) is 33.4 Å². The number of hydrogen-bond acceptors (Lipinski definition) is 10. The number of carbonyl (C=O) groups is 4. The lowest BCUT2D eigenvalue weighted by Crippen LogP contribution is -2.27. The highest BCUT2D eigenvalue weighted by molar-refractivity contribution is 5.85. The maximum atomic E-state index is 12.2. The van der Waals surface area contributed by atoms with Crippen LogP contribution in [0, 0.1) is 0 Å². The maximum Gasteiger partial charge on any atom is 0.303 e. The fourth-order valence-corrected chi connectivity index (χ4v) is 10.5. The van der Waals surface area contributed by atoms with Gasteiger partial charge in [0, 0.05) is 61.8 Å². The van der Waals surface area contributed by atoms with Crippen LogP contribution in [0.1, 0.15) is 64.5 Å². The standard InChI is InChI=1S/C68H60N2O8/c1-45(71)75-63-39-41-67(77-47(3)73)65(43-63)55-23-35-61(36-24-55)69(57-27-15-51(16-28-57)49-11-7-5-8-12-49)59-31-19-53(20-32-59)54-21-33-60(34-22-54)70(58-29-17-52(18-30-58)50-13-9-6-10-14-50)62-37-25-56(26-38-62)66-44-64(76-46(2)72)40-42-68(66)78-48(4)74/h5-38,43-44,63-64,67-68H,39-42H2,1-4H3. The van der Waals surface area contributed by atoms with Crippen molar-refractivity contribution in [2.45, 2.75) is 77.8 Å². The van der Waals surface area contributed by atoms with Gasteiger partial charge in [-0.3, -0.25) is 19.2 Å². The minimum atomic E-state index is -0.455. The molecule has 0 radical (unpaired) electrons. The zero-order chi connectivity index (χ0) is 54.1. The molecule has 4 atom stereocenters. The summed E-state index contributed by atoms with van der Waals surface area (Å²) in [6, 6.07) is 71.2. The lowest BCUT2D eigenvalue weighted by molar-refractivity contribution is -0.148. The van der Waals surface area contributed by atoms with E-state index >= 15 is 0 Å². The summed E-state index contributed by atoms with van der Waals surface area (Å²) in [6.07, 6.45) is 4.29. The molecule has 390 valence electrons. The van der Waals surface area contributed by atoms with Gasteiger partial charge in [-0.05, 0) is 166 Å². The molecular formula is C68H60N2O8. The van der Waals surface area contributed by atoms with E-state index in [4.69, 9.17) is 18.9 Å². The average Bonchev–Trinajstić information content (AvgIpc) is 3.50. The Morgan fingerprint density at radius 2 is 0.526 bits per heavy atom. The summed E-state index contributed by atoms with van der Waals surface area (Å²) in [6.45, 7) is 5.63. The zero-order valence-corrected chi connectivity index (χ0v) is 44.1. The molecule has 0 fully saturated rings. The Morgan fingerprint density at radius 1 is 0.295 bits per heavy atom. The molecule has 0 heterocycles. The predicted octanol–water partition coefficient (Wildman–Crippen LogP) is 15.7. The van der Waals surface area contributed by atoms with E-state index < -0.39 is 24.4 Å². The third-order valence-electron chi connectivity index (χ3n) is 14.1. The van der Waals surface area contributed by atoms with E-state index in [0.29, 0.717) is 25.7 Å². The second-order valence-electron chi connectivity index (χ2n) is 19.6. The van der Waals surface area contributed by atoms with Crippen molar-refractivity contribution in [1.29, 1.82) is 0 Å². The Kier molecular flexibility index (Phi) is 15.9. The van der Waals surface area contributed by atoms with Crippen molar-refractivity contribution in [2.75, 3.05) is 9.80 Å². The van der Waals surface area contributed by atoms with Crippen molar-refractivity contribution < 1.29 is 38.1 Å². The molecule has 0 bridgehead atoms. The predicted molar refractivity (Wildman–Crippen MR) is 309 cm³/mol. The molecule has 0 saturated heterocycles. The van der Waals surface area contributed by atoms with Crippen molar-refractivity contribution in [2.24, 2.45) is 0 Å². The summed E-state index contributed by atoms with van der Waals surface area (Å²) in [5.74, 6) is -1.44. The van der Waals surface area contributed by atoms with Crippen LogP contribution in [0.25, 0.3) is 44.5 Å². The molecule has 10 rings (SSSR count).